The zero-order valence-electron chi connectivity index (χ0n) is 21.3. The van der Waals surface area contributed by atoms with Crippen molar-refractivity contribution in [3.05, 3.63) is 35.5 Å². The van der Waals surface area contributed by atoms with Gasteiger partial charge >= 0.3 is 6.03 Å². The highest BCUT2D eigenvalue weighted by molar-refractivity contribution is 5.90. The van der Waals surface area contributed by atoms with E-state index in [2.05, 4.69) is 27.8 Å². The standard InChI is InChI=1S/C27H35N7O3/c1-17-16-37-12-11-34(17)26-31-23-15-33(24(35)13-21-3-2-10-28-21)14-22(23)25(32-26)18-4-6-19(7-5-18)29-27(36)30-20-8-9-20/h4-7,17,20-21,28H,2-3,8-16H2,1H3,(H2,29,30,36)/t17-,21?/m0/s1. The van der Waals surface area contributed by atoms with E-state index in [-0.39, 0.29) is 24.0 Å². The average molecular weight is 506 g/mol. The van der Waals surface area contributed by atoms with Gasteiger partial charge in [-0.25, -0.2) is 14.8 Å². The lowest BCUT2D eigenvalue weighted by Crippen LogP contribution is -2.44. The summed E-state index contributed by atoms with van der Waals surface area (Å²) in [4.78, 5) is 39.4. The van der Waals surface area contributed by atoms with E-state index < -0.39 is 0 Å². The van der Waals surface area contributed by atoms with Crippen LogP contribution in [0.25, 0.3) is 11.3 Å². The molecule has 2 saturated heterocycles. The predicted octanol–water partition coefficient (Wildman–Crippen LogP) is 2.64. The molecule has 1 saturated carbocycles. The van der Waals surface area contributed by atoms with Crippen molar-refractivity contribution in [1.82, 2.24) is 25.5 Å². The summed E-state index contributed by atoms with van der Waals surface area (Å²) in [7, 11) is 0. The summed E-state index contributed by atoms with van der Waals surface area (Å²) in [5.74, 6) is 0.841. The number of urea groups is 1. The highest BCUT2D eigenvalue weighted by atomic mass is 16.5. The highest BCUT2D eigenvalue weighted by Gasteiger charge is 2.32. The van der Waals surface area contributed by atoms with Gasteiger partial charge in [-0.05, 0) is 51.3 Å². The molecule has 4 aliphatic rings. The smallest absolute Gasteiger partial charge is 0.319 e. The molecule has 1 aromatic carbocycles. The van der Waals surface area contributed by atoms with Crippen molar-refractivity contribution in [3.8, 4) is 11.3 Å². The fraction of sp³-hybridized carbons (Fsp3) is 0.556. The van der Waals surface area contributed by atoms with Crippen LogP contribution in [0.2, 0.25) is 0 Å². The van der Waals surface area contributed by atoms with Gasteiger partial charge in [0.2, 0.25) is 11.9 Å². The quantitative estimate of drug-likeness (QED) is 0.553. The van der Waals surface area contributed by atoms with Crippen molar-refractivity contribution in [2.75, 3.05) is 36.5 Å². The number of rotatable bonds is 6. The summed E-state index contributed by atoms with van der Waals surface area (Å²) in [6, 6.07) is 8.33. The minimum atomic E-state index is -0.173. The first kappa shape index (κ1) is 24.1. The van der Waals surface area contributed by atoms with Gasteiger partial charge in [0.05, 0.1) is 43.7 Å². The number of anilines is 2. The van der Waals surface area contributed by atoms with Gasteiger partial charge < -0.3 is 30.5 Å². The fourth-order valence-corrected chi connectivity index (χ4v) is 5.37. The monoisotopic (exact) mass is 505 g/mol. The van der Waals surface area contributed by atoms with E-state index in [9.17, 15) is 9.59 Å². The van der Waals surface area contributed by atoms with Crippen molar-refractivity contribution in [2.24, 2.45) is 0 Å². The first-order valence-electron chi connectivity index (χ1n) is 13.5. The zero-order valence-corrected chi connectivity index (χ0v) is 21.3. The Kier molecular flexibility index (Phi) is 6.69. The van der Waals surface area contributed by atoms with E-state index >= 15 is 0 Å². The molecule has 196 valence electrons. The Labute approximate surface area is 217 Å². The molecular weight excluding hydrogens is 470 g/mol. The molecule has 6 rings (SSSR count). The van der Waals surface area contributed by atoms with Crippen LogP contribution < -0.4 is 20.9 Å². The van der Waals surface area contributed by atoms with Gasteiger partial charge in [0, 0.05) is 41.9 Å². The van der Waals surface area contributed by atoms with Crippen LogP contribution in [-0.2, 0) is 22.6 Å². The van der Waals surface area contributed by atoms with E-state index in [1.165, 1.54) is 0 Å². The zero-order chi connectivity index (χ0) is 25.4. The minimum Gasteiger partial charge on any atom is -0.377 e. The summed E-state index contributed by atoms with van der Waals surface area (Å²) >= 11 is 0. The lowest BCUT2D eigenvalue weighted by atomic mass is 10.1. The van der Waals surface area contributed by atoms with Crippen LogP contribution in [0.3, 0.4) is 0 Å². The van der Waals surface area contributed by atoms with Crippen molar-refractivity contribution in [3.63, 3.8) is 0 Å². The second kappa shape index (κ2) is 10.3. The van der Waals surface area contributed by atoms with Crippen LogP contribution >= 0.6 is 0 Å². The second-order valence-electron chi connectivity index (χ2n) is 10.6. The Hall–Kier alpha value is -3.24. The maximum atomic E-state index is 13.1. The SMILES string of the molecule is C[C@H]1COCCN1c1nc2c(c(-c3ccc(NC(=O)NC4CC4)cc3)n1)CN(C(=O)CC1CCCN1)C2. The van der Waals surface area contributed by atoms with Crippen LogP contribution in [0.5, 0.6) is 0 Å². The number of aromatic nitrogens is 2. The van der Waals surface area contributed by atoms with Gasteiger partial charge in [-0.3, -0.25) is 4.79 Å². The van der Waals surface area contributed by atoms with Crippen LogP contribution in [0.15, 0.2) is 24.3 Å². The number of carbonyl (C=O) groups is 2. The Balaban J connectivity index is 1.26. The van der Waals surface area contributed by atoms with Gasteiger partial charge in [-0.1, -0.05) is 12.1 Å². The third-order valence-electron chi connectivity index (χ3n) is 7.66. The predicted molar refractivity (Wildman–Crippen MR) is 140 cm³/mol. The van der Waals surface area contributed by atoms with Gasteiger partial charge in [-0.15, -0.1) is 0 Å². The van der Waals surface area contributed by atoms with E-state index in [1.807, 2.05) is 29.2 Å². The number of hydrogen-bond donors (Lipinski definition) is 3. The van der Waals surface area contributed by atoms with E-state index in [4.69, 9.17) is 14.7 Å². The highest BCUT2D eigenvalue weighted by Crippen LogP contribution is 2.34. The number of morpholine rings is 1. The molecule has 0 radical (unpaired) electrons. The molecule has 2 atom stereocenters. The van der Waals surface area contributed by atoms with Crippen LogP contribution in [0.4, 0.5) is 16.4 Å². The van der Waals surface area contributed by atoms with Crippen molar-refractivity contribution >= 4 is 23.6 Å². The molecule has 3 N–H and O–H groups in total. The lowest BCUT2D eigenvalue weighted by molar-refractivity contribution is -0.132. The first-order valence-corrected chi connectivity index (χ1v) is 13.5. The summed E-state index contributed by atoms with van der Waals surface area (Å²) in [6.07, 6.45) is 4.79. The Morgan fingerprint density at radius 2 is 1.97 bits per heavy atom. The molecule has 10 heteroatoms. The summed E-state index contributed by atoms with van der Waals surface area (Å²) < 4.78 is 5.63. The molecule has 10 nitrogen and oxygen atoms in total. The third kappa shape index (κ3) is 5.40. The average Bonchev–Trinajstić information content (AvgIpc) is 3.36. The van der Waals surface area contributed by atoms with Crippen molar-refractivity contribution < 1.29 is 14.3 Å². The molecular formula is C27H35N7O3. The first-order chi connectivity index (χ1) is 18.0. The van der Waals surface area contributed by atoms with Crippen molar-refractivity contribution in [2.45, 2.75) is 70.2 Å². The number of amides is 3. The normalized spacial score (nSPS) is 23.2. The molecule has 1 aliphatic carbocycles. The fourth-order valence-electron chi connectivity index (χ4n) is 5.37. The molecule has 3 fully saturated rings. The summed E-state index contributed by atoms with van der Waals surface area (Å²) in [6.45, 7) is 6.13. The van der Waals surface area contributed by atoms with E-state index in [0.29, 0.717) is 44.7 Å². The Morgan fingerprint density at radius 3 is 2.70 bits per heavy atom. The Morgan fingerprint density at radius 1 is 1.14 bits per heavy atom. The molecule has 0 bridgehead atoms. The number of hydrogen-bond acceptors (Lipinski definition) is 7. The van der Waals surface area contributed by atoms with E-state index in [0.717, 1.165) is 67.0 Å². The maximum Gasteiger partial charge on any atom is 0.319 e. The van der Waals surface area contributed by atoms with Gasteiger partial charge in [-0.2, -0.15) is 0 Å². The molecule has 3 amide bonds. The molecule has 1 aromatic heterocycles. The van der Waals surface area contributed by atoms with Gasteiger partial charge in [0.1, 0.15) is 0 Å². The third-order valence-corrected chi connectivity index (χ3v) is 7.66. The largest absolute Gasteiger partial charge is 0.377 e. The maximum absolute atomic E-state index is 13.1. The number of fused-ring (bicyclic) bond motifs is 1. The number of nitrogens with zero attached hydrogens (tertiary/aromatic N) is 4. The minimum absolute atomic E-state index is 0.158. The Bertz CT molecular complexity index is 1160. The molecule has 2 aromatic rings. The molecule has 1 unspecified atom stereocenters. The lowest BCUT2D eigenvalue weighted by Gasteiger charge is -2.33. The van der Waals surface area contributed by atoms with Gasteiger partial charge in [0.25, 0.3) is 0 Å². The van der Waals surface area contributed by atoms with Crippen LogP contribution in [0.1, 0.15) is 50.3 Å². The summed E-state index contributed by atoms with van der Waals surface area (Å²) in [5.41, 5.74) is 4.44. The van der Waals surface area contributed by atoms with Gasteiger partial charge in [0.15, 0.2) is 0 Å². The second-order valence-corrected chi connectivity index (χ2v) is 10.6. The molecule has 4 heterocycles. The number of nitrogens with one attached hydrogen (secondary N) is 3. The van der Waals surface area contributed by atoms with E-state index in [1.54, 1.807) is 0 Å². The molecule has 0 spiro atoms. The summed E-state index contributed by atoms with van der Waals surface area (Å²) in [5, 5.41) is 9.28. The topological polar surface area (TPSA) is 112 Å². The van der Waals surface area contributed by atoms with Crippen LogP contribution in [0, 0.1) is 0 Å². The van der Waals surface area contributed by atoms with Crippen molar-refractivity contribution in [1.29, 1.82) is 0 Å². The number of benzene rings is 1. The molecule has 37 heavy (non-hydrogen) atoms. The number of ether oxygens (including phenoxy) is 1. The number of carbonyl (C=O) groups excluding carboxylic acids is 2. The molecule has 3 aliphatic heterocycles. The van der Waals surface area contributed by atoms with Crippen LogP contribution in [-0.4, -0.2) is 71.2 Å².